The third-order valence-corrected chi connectivity index (χ3v) is 5.96. The fourth-order valence-corrected chi connectivity index (χ4v) is 3.47. The van der Waals surface area contributed by atoms with Gasteiger partial charge in [0, 0.05) is 35.4 Å². The van der Waals surface area contributed by atoms with Crippen molar-refractivity contribution in [3.8, 4) is 0 Å². The Morgan fingerprint density at radius 2 is 2.00 bits per heavy atom. The summed E-state index contributed by atoms with van der Waals surface area (Å²) in [4.78, 5) is 14.2. The first-order valence-electron chi connectivity index (χ1n) is 8.01. The van der Waals surface area contributed by atoms with Crippen molar-refractivity contribution in [1.82, 2.24) is 10.2 Å². The van der Waals surface area contributed by atoms with E-state index >= 15 is 0 Å². The summed E-state index contributed by atoms with van der Waals surface area (Å²) in [5, 5.41) is 2.90. The molecule has 0 aromatic heterocycles. The lowest BCUT2D eigenvalue weighted by atomic mass is 9.92. The van der Waals surface area contributed by atoms with Crippen LogP contribution < -0.4 is 5.32 Å². The SMILES string of the molecule is C[C@H](CNC(=O)N1CCOC2(CCCCCC2)C1)[S@](C)=O. The van der Waals surface area contributed by atoms with Gasteiger partial charge in [0.05, 0.1) is 18.8 Å². The minimum Gasteiger partial charge on any atom is -0.371 e. The van der Waals surface area contributed by atoms with Crippen LogP contribution in [0.2, 0.25) is 0 Å². The monoisotopic (exact) mass is 316 g/mol. The maximum atomic E-state index is 12.3. The molecule has 2 fully saturated rings. The predicted molar refractivity (Wildman–Crippen MR) is 84.9 cm³/mol. The Balaban J connectivity index is 1.87. The number of ether oxygens (including phenoxy) is 1. The highest BCUT2D eigenvalue weighted by atomic mass is 32.2. The summed E-state index contributed by atoms with van der Waals surface area (Å²) in [5.41, 5.74) is -0.120. The van der Waals surface area contributed by atoms with Gasteiger partial charge in [0.25, 0.3) is 0 Å². The average Bonchev–Trinajstić information content (AvgIpc) is 2.70. The van der Waals surface area contributed by atoms with Crippen molar-refractivity contribution < 1.29 is 13.7 Å². The summed E-state index contributed by atoms with van der Waals surface area (Å²) in [5.74, 6) is 0. The van der Waals surface area contributed by atoms with Crippen molar-refractivity contribution in [1.29, 1.82) is 0 Å². The fraction of sp³-hybridized carbons (Fsp3) is 0.933. The van der Waals surface area contributed by atoms with Crippen LogP contribution in [0.15, 0.2) is 0 Å². The molecule has 0 aromatic rings. The zero-order valence-electron chi connectivity index (χ0n) is 13.2. The molecule has 0 aromatic carbocycles. The van der Waals surface area contributed by atoms with Crippen LogP contribution in [-0.4, -0.2) is 58.5 Å². The van der Waals surface area contributed by atoms with E-state index in [1.807, 2.05) is 11.8 Å². The van der Waals surface area contributed by atoms with Gasteiger partial charge < -0.3 is 15.0 Å². The Labute approximate surface area is 130 Å². The largest absolute Gasteiger partial charge is 0.371 e. The normalized spacial score (nSPS) is 25.1. The van der Waals surface area contributed by atoms with Crippen LogP contribution in [0.1, 0.15) is 45.4 Å². The molecule has 2 atom stereocenters. The molecule has 1 N–H and O–H groups in total. The van der Waals surface area contributed by atoms with Crippen molar-refractivity contribution >= 4 is 16.8 Å². The topological polar surface area (TPSA) is 58.6 Å². The van der Waals surface area contributed by atoms with Crippen LogP contribution in [0.5, 0.6) is 0 Å². The molecule has 1 aliphatic heterocycles. The average molecular weight is 316 g/mol. The molecule has 2 aliphatic rings. The van der Waals surface area contributed by atoms with Crippen LogP contribution in [0.25, 0.3) is 0 Å². The molecule has 21 heavy (non-hydrogen) atoms. The molecule has 1 saturated heterocycles. The smallest absolute Gasteiger partial charge is 0.317 e. The van der Waals surface area contributed by atoms with Crippen LogP contribution in [0, 0.1) is 0 Å². The second-order valence-corrected chi connectivity index (χ2v) is 8.16. The molecule has 0 radical (unpaired) electrons. The van der Waals surface area contributed by atoms with E-state index in [2.05, 4.69) is 5.32 Å². The van der Waals surface area contributed by atoms with Crippen molar-refractivity contribution in [2.75, 3.05) is 32.5 Å². The van der Waals surface area contributed by atoms with E-state index in [4.69, 9.17) is 4.74 Å². The summed E-state index contributed by atoms with van der Waals surface area (Å²) < 4.78 is 17.4. The molecule has 122 valence electrons. The molecule has 2 rings (SSSR count). The fourth-order valence-electron chi connectivity index (χ4n) is 3.15. The van der Waals surface area contributed by atoms with Crippen molar-refractivity contribution in [3.63, 3.8) is 0 Å². The number of hydrogen-bond donors (Lipinski definition) is 1. The second-order valence-electron chi connectivity index (χ2n) is 6.36. The minimum atomic E-state index is -0.903. The van der Waals surface area contributed by atoms with Gasteiger partial charge in [-0.25, -0.2) is 4.79 Å². The van der Waals surface area contributed by atoms with E-state index in [1.54, 1.807) is 6.26 Å². The third-order valence-electron chi connectivity index (χ3n) is 4.66. The Kier molecular flexibility index (Phi) is 6.05. The van der Waals surface area contributed by atoms with Gasteiger partial charge in [0.1, 0.15) is 0 Å². The number of amides is 2. The van der Waals surface area contributed by atoms with Gasteiger partial charge in [-0.3, -0.25) is 4.21 Å². The van der Waals surface area contributed by atoms with Gasteiger partial charge in [0.15, 0.2) is 0 Å². The number of urea groups is 1. The highest BCUT2D eigenvalue weighted by Crippen LogP contribution is 2.33. The number of carbonyl (C=O) groups excluding carboxylic acids is 1. The number of hydrogen-bond acceptors (Lipinski definition) is 3. The van der Waals surface area contributed by atoms with E-state index in [0.29, 0.717) is 26.2 Å². The molecule has 1 aliphatic carbocycles. The molecule has 1 spiro atoms. The zero-order valence-corrected chi connectivity index (χ0v) is 14.0. The summed E-state index contributed by atoms with van der Waals surface area (Å²) in [7, 11) is -0.903. The number of morpholine rings is 1. The molecule has 1 saturated carbocycles. The summed E-state index contributed by atoms with van der Waals surface area (Å²) in [6.45, 7) is 4.33. The lowest BCUT2D eigenvalue weighted by Crippen LogP contribution is -2.56. The molecule has 5 nitrogen and oxygen atoms in total. The Bertz CT molecular complexity index is 381. The predicted octanol–water partition coefficient (Wildman–Crippen LogP) is 1.89. The first kappa shape index (κ1) is 16.7. The number of nitrogens with zero attached hydrogens (tertiary/aromatic N) is 1. The summed E-state index contributed by atoms with van der Waals surface area (Å²) in [6.07, 6.45) is 8.74. The van der Waals surface area contributed by atoms with Crippen molar-refractivity contribution in [2.45, 2.75) is 56.3 Å². The number of carbonyl (C=O) groups is 1. The molecule has 6 heteroatoms. The molecule has 0 unspecified atom stereocenters. The lowest BCUT2D eigenvalue weighted by Gasteiger charge is -2.42. The molecule has 2 amide bonds. The highest BCUT2D eigenvalue weighted by Gasteiger charge is 2.38. The Hall–Kier alpha value is -0.620. The van der Waals surface area contributed by atoms with Gasteiger partial charge in [-0.15, -0.1) is 0 Å². The van der Waals surface area contributed by atoms with Crippen molar-refractivity contribution in [2.24, 2.45) is 0 Å². The highest BCUT2D eigenvalue weighted by molar-refractivity contribution is 7.84. The van der Waals surface area contributed by atoms with Crippen molar-refractivity contribution in [3.05, 3.63) is 0 Å². The van der Waals surface area contributed by atoms with Crippen LogP contribution in [-0.2, 0) is 15.5 Å². The molecular weight excluding hydrogens is 288 g/mol. The first-order valence-corrected chi connectivity index (χ1v) is 9.63. The molecule has 0 bridgehead atoms. The van der Waals surface area contributed by atoms with Gasteiger partial charge in [0.2, 0.25) is 0 Å². The van der Waals surface area contributed by atoms with Gasteiger partial charge in [-0.2, -0.15) is 0 Å². The maximum Gasteiger partial charge on any atom is 0.317 e. The van der Waals surface area contributed by atoms with Crippen LogP contribution >= 0.6 is 0 Å². The second kappa shape index (κ2) is 7.58. The van der Waals surface area contributed by atoms with Gasteiger partial charge in [-0.1, -0.05) is 25.7 Å². The maximum absolute atomic E-state index is 12.3. The standard InChI is InChI=1S/C15H28N2O3S/c1-13(21(2)19)11-16-14(18)17-9-10-20-15(12-17)7-5-3-4-6-8-15/h13H,3-12H2,1-2H3,(H,16,18)/t13-,21+/m1/s1. The molecule has 1 heterocycles. The lowest BCUT2D eigenvalue weighted by molar-refractivity contribution is -0.105. The third kappa shape index (κ3) is 4.68. The number of rotatable bonds is 3. The molecular formula is C15H28N2O3S. The van der Waals surface area contributed by atoms with Crippen LogP contribution in [0.4, 0.5) is 4.79 Å². The van der Waals surface area contributed by atoms with E-state index < -0.39 is 10.8 Å². The summed E-state index contributed by atoms with van der Waals surface area (Å²) >= 11 is 0. The van der Waals surface area contributed by atoms with E-state index in [-0.39, 0.29) is 16.9 Å². The van der Waals surface area contributed by atoms with E-state index in [1.165, 1.54) is 25.7 Å². The van der Waals surface area contributed by atoms with E-state index in [0.717, 1.165) is 12.8 Å². The Morgan fingerprint density at radius 1 is 1.33 bits per heavy atom. The zero-order chi connectivity index (χ0) is 15.3. The Morgan fingerprint density at radius 3 is 2.62 bits per heavy atom. The quantitative estimate of drug-likeness (QED) is 0.865. The first-order chi connectivity index (χ1) is 10.0. The summed E-state index contributed by atoms with van der Waals surface area (Å²) in [6, 6.07) is -0.0424. The minimum absolute atomic E-state index is 0.0122. The van der Waals surface area contributed by atoms with Crippen LogP contribution in [0.3, 0.4) is 0 Å². The van der Waals surface area contributed by atoms with E-state index in [9.17, 15) is 9.00 Å². The van der Waals surface area contributed by atoms with Gasteiger partial charge >= 0.3 is 6.03 Å². The number of nitrogens with one attached hydrogen (secondary N) is 1. The van der Waals surface area contributed by atoms with Gasteiger partial charge in [-0.05, 0) is 19.8 Å².